The van der Waals surface area contributed by atoms with Crippen LogP contribution in [0, 0.1) is 5.41 Å². The molecule has 0 aromatic heterocycles. The summed E-state index contributed by atoms with van der Waals surface area (Å²) in [6.45, 7) is 4.25. The first-order valence-corrected chi connectivity index (χ1v) is 5.47. The summed E-state index contributed by atoms with van der Waals surface area (Å²) in [5, 5.41) is 33.5. The van der Waals surface area contributed by atoms with Gasteiger partial charge in [-0.15, -0.1) is 0 Å². The van der Waals surface area contributed by atoms with Crippen LogP contribution in [-0.4, -0.2) is 46.9 Å². The van der Waals surface area contributed by atoms with E-state index in [0.29, 0.717) is 0 Å². The highest BCUT2D eigenvalue weighted by Crippen LogP contribution is 2.10. The molecule has 0 aromatic rings. The second kappa shape index (κ2) is 11.9. The first-order valence-electron chi connectivity index (χ1n) is 5.47. The predicted octanol–water partition coefficient (Wildman–Crippen LogP) is 0.529. The molecule has 0 saturated heterocycles. The van der Waals surface area contributed by atoms with Gasteiger partial charge in [-0.05, 0) is 12.8 Å². The van der Waals surface area contributed by atoms with Crippen molar-refractivity contribution in [2.45, 2.75) is 39.5 Å². The van der Waals surface area contributed by atoms with Crippen LogP contribution in [0.15, 0.2) is 0 Å². The summed E-state index contributed by atoms with van der Waals surface area (Å²) >= 11 is 0. The van der Waals surface area contributed by atoms with Crippen molar-refractivity contribution in [3.63, 3.8) is 0 Å². The van der Waals surface area contributed by atoms with Gasteiger partial charge in [-0.3, -0.25) is 0 Å². The Bertz CT molecular complexity index is 103. The number of aliphatic hydroxyl groups is 4. The Morgan fingerprint density at radius 3 is 1.13 bits per heavy atom. The number of hydrogen-bond acceptors (Lipinski definition) is 4. The molecule has 0 saturated carbocycles. The van der Waals surface area contributed by atoms with Gasteiger partial charge in [-0.1, -0.05) is 26.7 Å². The Hall–Kier alpha value is -0.160. The first kappa shape index (κ1) is 17.2. The fourth-order valence-electron chi connectivity index (χ4n) is 0.627. The van der Waals surface area contributed by atoms with Gasteiger partial charge >= 0.3 is 0 Å². The Balaban J connectivity index is 0. The molecule has 0 radical (unpaired) electrons. The molecule has 0 unspecified atom stereocenters. The molecular formula is C11H26O4. The van der Waals surface area contributed by atoms with Gasteiger partial charge in [0.05, 0.1) is 13.2 Å². The minimum atomic E-state index is -0.306. The maximum absolute atomic E-state index is 8.43. The lowest BCUT2D eigenvalue weighted by Gasteiger charge is -2.16. The summed E-state index contributed by atoms with van der Waals surface area (Å²) < 4.78 is 0. The molecule has 0 aliphatic carbocycles. The van der Waals surface area contributed by atoms with E-state index in [1.54, 1.807) is 13.8 Å². The number of aliphatic hydroxyl groups excluding tert-OH is 4. The van der Waals surface area contributed by atoms with Crippen molar-refractivity contribution in [1.82, 2.24) is 0 Å². The molecule has 0 rings (SSSR count). The Labute approximate surface area is 92.6 Å². The SMILES string of the molecule is CC(C)(CO)CO.OCCCCCCO. The highest BCUT2D eigenvalue weighted by atomic mass is 16.3. The van der Waals surface area contributed by atoms with Gasteiger partial charge in [0.25, 0.3) is 0 Å². The average molecular weight is 222 g/mol. The molecular weight excluding hydrogens is 196 g/mol. The molecule has 4 N–H and O–H groups in total. The second-order valence-electron chi connectivity index (χ2n) is 4.34. The van der Waals surface area contributed by atoms with Crippen molar-refractivity contribution in [1.29, 1.82) is 0 Å². The molecule has 4 heteroatoms. The van der Waals surface area contributed by atoms with Gasteiger partial charge in [0.15, 0.2) is 0 Å². The van der Waals surface area contributed by atoms with Crippen LogP contribution in [0.1, 0.15) is 39.5 Å². The van der Waals surface area contributed by atoms with E-state index in [0.717, 1.165) is 25.7 Å². The van der Waals surface area contributed by atoms with Crippen LogP contribution < -0.4 is 0 Å². The summed E-state index contributed by atoms with van der Waals surface area (Å²) in [5.74, 6) is 0. The average Bonchev–Trinajstić information content (AvgIpc) is 2.25. The van der Waals surface area contributed by atoms with E-state index in [2.05, 4.69) is 0 Å². The predicted molar refractivity (Wildman–Crippen MR) is 60.6 cm³/mol. The first-order chi connectivity index (χ1) is 7.04. The van der Waals surface area contributed by atoms with E-state index in [1.165, 1.54) is 0 Å². The molecule has 0 amide bonds. The second-order valence-corrected chi connectivity index (χ2v) is 4.34. The Morgan fingerprint density at radius 1 is 0.667 bits per heavy atom. The van der Waals surface area contributed by atoms with Gasteiger partial charge in [-0.25, -0.2) is 0 Å². The lowest BCUT2D eigenvalue weighted by Crippen LogP contribution is -2.20. The van der Waals surface area contributed by atoms with Crippen molar-refractivity contribution in [2.24, 2.45) is 5.41 Å². The fraction of sp³-hybridized carbons (Fsp3) is 1.00. The maximum Gasteiger partial charge on any atom is 0.0504 e. The third-order valence-electron chi connectivity index (χ3n) is 1.92. The Morgan fingerprint density at radius 2 is 1.00 bits per heavy atom. The standard InChI is InChI=1S/C6H14O2.C5H12O2/c7-5-3-1-2-4-6-8;1-5(2,3-6)4-7/h7-8H,1-6H2;6-7H,3-4H2,1-2H3. The number of hydrogen-bond donors (Lipinski definition) is 4. The smallest absolute Gasteiger partial charge is 0.0504 e. The summed E-state index contributed by atoms with van der Waals surface area (Å²) in [6.07, 6.45) is 3.83. The van der Waals surface area contributed by atoms with E-state index >= 15 is 0 Å². The highest BCUT2D eigenvalue weighted by molar-refractivity contribution is 4.62. The van der Waals surface area contributed by atoms with Crippen molar-refractivity contribution in [3.05, 3.63) is 0 Å². The fourth-order valence-corrected chi connectivity index (χ4v) is 0.627. The molecule has 0 bridgehead atoms. The topological polar surface area (TPSA) is 80.9 Å². The van der Waals surface area contributed by atoms with E-state index in [-0.39, 0.29) is 31.8 Å². The zero-order valence-electron chi connectivity index (χ0n) is 9.95. The largest absolute Gasteiger partial charge is 0.396 e. The molecule has 0 fully saturated rings. The van der Waals surface area contributed by atoms with Gasteiger partial charge < -0.3 is 20.4 Å². The van der Waals surface area contributed by atoms with Crippen molar-refractivity contribution < 1.29 is 20.4 Å². The molecule has 0 aliphatic heterocycles. The van der Waals surface area contributed by atoms with Gasteiger partial charge in [-0.2, -0.15) is 0 Å². The molecule has 4 nitrogen and oxygen atoms in total. The van der Waals surface area contributed by atoms with E-state index in [1.807, 2.05) is 0 Å². The summed E-state index contributed by atoms with van der Waals surface area (Å²) in [5.41, 5.74) is -0.306. The molecule has 0 aromatic carbocycles. The zero-order chi connectivity index (χ0) is 12.2. The monoisotopic (exact) mass is 222 g/mol. The molecule has 0 heterocycles. The molecule has 15 heavy (non-hydrogen) atoms. The van der Waals surface area contributed by atoms with Crippen molar-refractivity contribution in [2.75, 3.05) is 26.4 Å². The third kappa shape index (κ3) is 16.5. The van der Waals surface area contributed by atoms with E-state index in [4.69, 9.17) is 20.4 Å². The minimum absolute atomic E-state index is 0.0451. The quantitative estimate of drug-likeness (QED) is 0.474. The van der Waals surface area contributed by atoms with Crippen LogP contribution in [0.3, 0.4) is 0 Å². The molecule has 0 spiro atoms. The van der Waals surface area contributed by atoms with Crippen LogP contribution in [0.4, 0.5) is 0 Å². The van der Waals surface area contributed by atoms with E-state index in [9.17, 15) is 0 Å². The van der Waals surface area contributed by atoms with Crippen LogP contribution >= 0.6 is 0 Å². The van der Waals surface area contributed by atoms with Crippen LogP contribution in [0.2, 0.25) is 0 Å². The molecule has 94 valence electrons. The molecule has 0 atom stereocenters. The lowest BCUT2D eigenvalue weighted by atomic mass is 9.97. The van der Waals surface area contributed by atoms with Crippen molar-refractivity contribution >= 4 is 0 Å². The zero-order valence-corrected chi connectivity index (χ0v) is 9.95. The van der Waals surface area contributed by atoms with Crippen LogP contribution in [0.25, 0.3) is 0 Å². The Kier molecular flexibility index (Phi) is 13.7. The number of unbranched alkanes of at least 4 members (excludes halogenated alkanes) is 3. The summed E-state index contributed by atoms with van der Waals surface area (Å²) in [4.78, 5) is 0. The molecule has 0 aliphatic rings. The minimum Gasteiger partial charge on any atom is -0.396 e. The van der Waals surface area contributed by atoms with Gasteiger partial charge in [0.2, 0.25) is 0 Å². The normalized spacial score (nSPS) is 10.8. The number of rotatable bonds is 7. The van der Waals surface area contributed by atoms with Gasteiger partial charge in [0.1, 0.15) is 0 Å². The lowest BCUT2D eigenvalue weighted by molar-refractivity contribution is 0.0857. The summed E-state index contributed by atoms with van der Waals surface area (Å²) in [7, 11) is 0. The highest BCUT2D eigenvalue weighted by Gasteiger charge is 2.13. The van der Waals surface area contributed by atoms with Gasteiger partial charge in [0, 0.05) is 18.6 Å². The maximum atomic E-state index is 8.43. The third-order valence-corrected chi connectivity index (χ3v) is 1.92. The van der Waals surface area contributed by atoms with Crippen LogP contribution in [-0.2, 0) is 0 Å². The van der Waals surface area contributed by atoms with E-state index < -0.39 is 0 Å². The van der Waals surface area contributed by atoms with Crippen LogP contribution in [0.5, 0.6) is 0 Å². The van der Waals surface area contributed by atoms with Crippen molar-refractivity contribution in [3.8, 4) is 0 Å². The summed E-state index contributed by atoms with van der Waals surface area (Å²) in [6, 6.07) is 0.